The second-order valence-electron chi connectivity index (χ2n) is 7.69. The van der Waals surface area contributed by atoms with Gasteiger partial charge in [0.25, 0.3) is 0 Å². The van der Waals surface area contributed by atoms with E-state index < -0.39 is 5.41 Å². The lowest BCUT2D eigenvalue weighted by atomic mass is 9.63. The number of thioether (sulfide) groups is 1. The first-order chi connectivity index (χ1) is 13.4. The number of hydrogen-bond acceptors (Lipinski definition) is 3. The highest BCUT2D eigenvalue weighted by molar-refractivity contribution is 7.98. The number of carbonyl (C=O) groups is 2. The quantitative estimate of drug-likeness (QED) is 0.665. The van der Waals surface area contributed by atoms with Crippen molar-refractivity contribution in [3.8, 4) is 0 Å². The summed E-state index contributed by atoms with van der Waals surface area (Å²) in [6.07, 6.45) is 4.84. The number of nitrogens with one attached hydrogen (secondary N) is 2. The molecule has 1 fully saturated rings. The van der Waals surface area contributed by atoms with Gasteiger partial charge in [0.2, 0.25) is 11.8 Å². The second kappa shape index (κ2) is 8.82. The molecule has 0 unspecified atom stereocenters. The third-order valence-electron chi connectivity index (χ3n) is 5.48. The fraction of sp³-hybridized carbons (Fsp3) is 0.391. The van der Waals surface area contributed by atoms with Crippen LogP contribution in [0.1, 0.15) is 44.2 Å². The van der Waals surface area contributed by atoms with Crippen LogP contribution in [-0.4, -0.2) is 18.1 Å². The van der Waals surface area contributed by atoms with Crippen molar-refractivity contribution < 1.29 is 9.59 Å². The van der Waals surface area contributed by atoms with E-state index in [1.165, 1.54) is 4.90 Å². The summed E-state index contributed by atoms with van der Waals surface area (Å²) in [5, 5.41) is 6.02. The molecule has 1 saturated carbocycles. The van der Waals surface area contributed by atoms with Crippen LogP contribution in [-0.2, 0) is 21.5 Å². The monoisotopic (exact) mass is 396 g/mol. The van der Waals surface area contributed by atoms with Crippen LogP contribution in [0.3, 0.4) is 0 Å². The summed E-state index contributed by atoms with van der Waals surface area (Å²) < 4.78 is 0. The van der Waals surface area contributed by atoms with E-state index in [0.29, 0.717) is 6.54 Å². The van der Waals surface area contributed by atoms with Crippen molar-refractivity contribution in [2.75, 3.05) is 11.6 Å². The number of hydrogen-bond donors (Lipinski definition) is 2. The minimum Gasteiger partial charge on any atom is -0.351 e. The van der Waals surface area contributed by atoms with Gasteiger partial charge in [0.1, 0.15) is 0 Å². The van der Waals surface area contributed by atoms with Gasteiger partial charge in [-0.05, 0) is 54.5 Å². The Kier molecular flexibility index (Phi) is 6.45. The molecule has 148 valence electrons. The van der Waals surface area contributed by atoms with Gasteiger partial charge < -0.3 is 10.6 Å². The molecular formula is C23H28N2O2S. The number of carbonyl (C=O) groups excluding carboxylic acids is 2. The van der Waals surface area contributed by atoms with Crippen molar-refractivity contribution in [2.45, 2.75) is 50.0 Å². The maximum Gasteiger partial charge on any atom is 0.230 e. The molecule has 2 aromatic carbocycles. The zero-order valence-corrected chi connectivity index (χ0v) is 17.6. The second-order valence-corrected chi connectivity index (χ2v) is 8.57. The van der Waals surface area contributed by atoms with E-state index >= 15 is 0 Å². The lowest BCUT2D eigenvalue weighted by Gasteiger charge is -2.40. The zero-order valence-electron chi connectivity index (χ0n) is 16.7. The number of anilines is 1. The molecule has 5 heteroatoms. The highest BCUT2D eigenvalue weighted by Gasteiger charge is 2.45. The molecule has 1 aliphatic rings. The molecule has 0 radical (unpaired) electrons. The van der Waals surface area contributed by atoms with Crippen LogP contribution in [0.15, 0.2) is 53.4 Å². The third kappa shape index (κ3) is 4.41. The van der Waals surface area contributed by atoms with Gasteiger partial charge >= 0.3 is 0 Å². The average Bonchev–Trinajstić information content (AvgIpc) is 2.67. The summed E-state index contributed by atoms with van der Waals surface area (Å²) >= 11 is 1.71. The Morgan fingerprint density at radius 1 is 1.04 bits per heavy atom. The smallest absolute Gasteiger partial charge is 0.230 e. The van der Waals surface area contributed by atoms with Gasteiger partial charge in [-0.3, -0.25) is 9.59 Å². The standard InChI is InChI=1S/C23H28N2O2S/c1-16(2)21(26)25-19-9-7-18(8-10-19)23(13-4-14-23)22(27)24-15-17-5-11-20(28-3)12-6-17/h5-12,16H,4,13-15H2,1-3H3,(H,24,27)(H,25,26). The van der Waals surface area contributed by atoms with Crippen LogP contribution in [0.25, 0.3) is 0 Å². The zero-order chi connectivity index (χ0) is 20.1. The first-order valence-corrected chi connectivity index (χ1v) is 11.0. The predicted molar refractivity (Wildman–Crippen MR) is 116 cm³/mol. The van der Waals surface area contributed by atoms with Crippen molar-refractivity contribution in [2.24, 2.45) is 5.92 Å². The van der Waals surface area contributed by atoms with Crippen molar-refractivity contribution in [3.63, 3.8) is 0 Å². The van der Waals surface area contributed by atoms with E-state index in [-0.39, 0.29) is 17.7 Å². The fourth-order valence-corrected chi connectivity index (χ4v) is 3.84. The van der Waals surface area contributed by atoms with E-state index in [9.17, 15) is 9.59 Å². The highest BCUT2D eigenvalue weighted by Crippen LogP contribution is 2.44. The Hall–Kier alpha value is -2.27. The fourth-order valence-electron chi connectivity index (χ4n) is 3.43. The molecule has 0 bridgehead atoms. The molecule has 0 heterocycles. The molecule has 2 aromatic rings. The minimum atomic E-state index is -0.445. The number of amides is 2. The van der Waals surface area contributed by atoms with E-state index in [1.807, 2.05) is 38.1 Å². The Balaban J connectivity index is 1.66. The van der Waals surface area contributed by atoms with E-state index in [4.69, 9.17) is 0 Å². The number of benzene rings is 2. The molecular weight excluding hydrogens is 368 g/mol. The lowest BCUT2D eigenvalue weighted by Crippen LogP contribution is -2.49. The maximum atomic E-state index is 13.0. The molecule has 0 spiro atoms. The summed E-state index contributed by atoms with van der Waals surface area (Å²) in [5.41, 5.74) is 2.45. The van der Waals surface area contributed by atoms with Gasteiger partial charge in [-0.25, -0.2) is 0 Å². The predicted octanol–water partition coefficient (Wildman–Crippen LogP) is 4.74. The van der Waals surface area contributed by atoms with Crippen molar-refractivity contribution in [1.82, 2.24) is 5.32 Å². The van der Waals surface area contributed by atoms with E-state index in [2.05, 4.69) is 41.2 Å². The average molecular weight is 397 g/mol. The molecule has 0 atom stereocenters. The normalized spacial score (nSPS) is 15.0. The number of rotatable bonds is 7. The van der Waals surface area contributed by atoms with Gasteiger partial charge in [-0.2, -0.15) is 0 Å². The summed E-state index contributed by atoms with van der Waals surface area (Å²) in [7, 11) is 0. The van der Waals surface area contributed by atoms with E-state index in [0.717, 1.165) is 36.1 Å². The van der Waals surface area contributed by atoms with Crippen molar-refractivity contribution in [1.29, 1.82) is 0 Å². The molecule has 4 nitrogen and oxygen atoms in total. The molecule has 0 aromatic heterocycles. The van der Waals surface area contributed by atoms with Crippen LogP contribution < -0.4 is 10.6 Å². The molecule has 3 rings (SSSR count). The molecule has 2 N–H and O–H groups in total. The van der Waals surface area contributed by atoms with E-state index in [1.54, 1.807) is 11.8 Å². The Labute approximate surface area is 171 Å². The van der Waals surface area contributed by atoms with Gasteiger partial charge in [0.05, 0.1) is 5.41 Å². The SMILES string of the molecule is CSc1ccc(CNC(=O)C2(c3ccc(NC(=O)C(C)C)cc3)CCC2)cc1. The van der Waals surface area contributed by atoms with Crippen molar-refractivity contribution in [3.05, 3.63) is 59.7 Å². The topological polar surface area (TPSA) is 58.2 Å². The molecule has 0 aliphatic heterocycles. The summed E-state index contributed by atoms with van der Waals surface area (Å²) in [6.45, 7) is 4.27. The van der Waals surface area contributed by atoms with Gasteiger partial charge in [-0.1, -0.05) is 44.5 Å². The van der Waals surface area contributed by atoms with Crippen LogP contribution >= 0.6 is 11.8 Å². The highest BCUT2D eigenvalue weighted by atomic mass is 32.2. The van der Waals surface area contributed by atoms with Gasteiger partial charge in [0.15, 0.2) is 0 Å². The summed E-state index contributed by atoms with van der Waals surface area (Å²) in [4.78, 5) is 26.1. The van der Waals surface area contributed by atoms with Crippen LogP contribution in [0.2, 0.25) is 0 Å². The maximum absolute atomic E-state index is 13.0. The Bertz CT molecular complexity index is 825. The Morgan fingerprint density at radius 3 is 2.18 bits per heavy atom. The van der Waals surface area contributed by atoms with Crippen LogP contribution in [0.4, 0.5) is 5.69 Å². The van der Waals surface area contributed by atoms with Crippen LogP contribution in [0, 0.1) is 5.92 Å². The summed E-state index contributed by atoms with van der Waals surface area (Å²) in [6, 6.07) is 16.0. The molecule has 1 aliphatic carbocycles. The third-order valence-corrected chi connectivity index (χ3v) is 6.23. The Morgan fingerprint density at radius 2 is 1.68 bits per heavy atom. The molecule has 2 amide bonds. The summed E-state index contributed by atoms with van der Waals surface area (Å²) in [5.74, 6) is 0.0245. The largest absolute Gasteiger partial charge is 0.351 e. The minimum absolute atomic E-state index is 0.00339. The first kappa shape index (κ1) is 20.5. The lowest BCUT2D eigenvalue weighted by molar-refractivity contribution is -0.130. The first-order valence-electron chi connectivity index (χ1n) is 9.77. The van der Waals surface area contributed by atoms with Crippen LogP contribution in [0.5, 0.6) is 0 Å². The molecule has 28 heavy (non-hydrogen) atoms. The molecule has 0 saturated heterocycles. The van der Waals surface area contributed by atoms with Gasteiger partial charge in [0, 0.05) is 23.0 Å². The van der Waals surface area contributed by atoms with Gasteiger partial charge in [-0.15, -0.1) is 11.8 Å². The van der Waals surface area contributed by atoms with Crippen molar-refractivity contribution >= 4 is 29.3 Å².